The molecule has 0 aliphatic rings. The van der Waals surface area contributed by atoms with Crippen molar-refractivity contribution in [3.63, 3.8) is 0 Å². The highest BCUT2D eigenvalue weighted by Gasteiger charge is 2.18. The van der Waals surface area contributed by atoms with Crippen LogP contribution in [0.2, 0.25) is 0 Å². The van der Waals surface area contributed by atoms with Gasteiger partial charge in [-0.1, -0.05) is 85.8 Å². The zero-order chi connectivity index (χ0) is 19.3. The second kappa shape index (κ2) is 7.98. The summed E-state index contributed by atoms with van der Waals surface area (Å²) in [6.45, 7) is 3.14. The molecular formula is C26H22N2. The zero-order valence-corrected chi connectivity index (χ0v) is 16.0. The van der Waals surface area contributed by atoms with E-state index in [-0.39, 0.29) is 0 Å². The molecule has 0 saturated heterocycles. The van der Waals surface area contributed by atoms with E-state index in [1.54, 1.807) is 0 Å². The van der Waals surface area contributed by atoms with Crippen molar-refractivity contribution in [3.8, 4) is 6.07 Å². The summed E-state index contributed by atoms with van der Waals surface area (Å²) in [6, 6.07) is 31.1. The minimum atomic E-state index is 0.700. The van der Waals surface area contributed by atoms with E-state index < -0.39 is 0 Å². The maximum absolute atomic E-state index is 10.1. The van der Waals surface area contributed by atoms with E-state index in [0.717, 1.165) is 35.2 Å². The van der Waals surface area contributed by atoms with E-state index in [1.165, 1.54) is 10.9 Å². The molecule has 2 heteroatoms. The predicted octanol–water partition coefficient (Wildman–Crippen LogP) is 6.53. The van der Waals surface area contributed by atoms with Gasteiger partial charge in [-0.2, -0.15) is 5.26 Å². The molecular weight excluding hydrogens is 340 g/mol. The van der Waals surface area contributed by atoms with Gasteiger partial charge < -0.3 is 4.57 Å². The number of hydrogen-bond donors (Lipinski definition) is 0. The minimum absolute atomic E-state index is 0.700. The normalized spacial score (nSPS) is 11.9. The molecule has 0 atom stereocenters. The Morgan fingerprint density at radius 2 is 1.43 bits per heavy atom. The molecule has 4 aromatic rings. The summed E-state index contributed by atoms with van der Waals surface area (Å²) < 4.78 is 2.30. The van der Waals surface area contributed by atoms with Gasteiger partial charge in [0.05, 0.1) is 5.57 Å². The lowest BCUT2D eigenvalue weighted by molar-refractivity contribution is 0.703. The molecule has 0 aliphatic carbocycles. The van der Waals surface area contributed by atoms with E-state index in [9.17, 15) is 5.26 Å². The van der Waals surface area contributed by atoms with Crippen LogP contribution in [0, 0.1) is 11.3 Å². The van der Waals surface area contributed by atoms with Crippen molar-refractivity contribution < 1.29 is 0 Å². The molecule has 1 heterocycles. The molecule has 0 unspecified atom stereocenters. The van der Waals surface area contributed by atoms with Crippen LogP contribution in [0.5, 0.6) is 0 Å². The summed E-state index contributed by atoms with van der Waals surface area (Å²) in [6.07, 6.45) is 3.27. The van der Waals surface area contributed by atoms with Gasteiger partial charge in [0.15, 0.2) is 0 Å². The Morgan fingerprint density at radius 3 is 2.07 bits per heavy atom. The lowest BCUT2D eigenvalue weighted by Crippen LogP contribution is -1.95. The largest absolute Gasteiger partial charge is 0.347 e. The average molecular weight is 362 g/mol. The smallest absolute Gasteiger partial charge is 0.100 e. The molecule has 0 fully saturated rings. The van der Waals surface area contributed by atoms with E-state index in [4.69, 9.17) is 0 Å². The van der Waals surface area contributed by atoms with Crippen molar-refractivity contribution in [2.75, 3.05) is 0 Å². The second-order valence-electron chi connectivity index (χ2n) is 6.85. The average Bonchev–Trinajstić information content (AvgIpc) is 3.12. The molecule has 0 aliphatic heterocycles. The third kappa shape index (κ3) is 3.23. The van der Waals surface area contributed by atoms with Gasteiger partial charge in [0, 0.05) is 34.8 Å². The molecule has 0 saturated carbocycles. The van der Waals surface area contributed by atoms with E-state index >= 15 is 0 Å². The first-order valence-corrected chi connectivity index (χ1v) is 9.67. The van der Waals surface area contributed by atoms with Crippen LogP contribution in [0.1, 0.15) is 30.0 Å². The molecule has 28 heavy (non-hydrogen) atoms. The van der Waals surface area contributed by atoms with Gasteiger partial charge in [-0.3, -0.25) is 0 Å². The van der Waals surface area contributed by atoms with Gasteiger partial charge in [0.1, 0.15) is 6.07 Å². The van der Waals surface area contributed by atoms with E-state index in [2.05, 4.69) is 60.2 Å². The Bertz CT molecular complexity index is 1160. The van der Waals surface area contributed by atoms with Gasteiger partial charge in [-0.05, 0) is 23.6 Å². The number of benzene rings is 3. The number of allylic oxidation sites excluding steroid dienone is 1. The first-order valence-electron chi connectivity index (χ1n) is 9.67. The highest BCUT2D eigenvalue weighted by atomic mass is 15.0. The highest BCUT2D eigenvalue weighted by Crippen LogP contribution is 2.37. The van der Waals surface area contributed by atoms with Crippen LogP contribution in [0.3, 0.4) is 0 Å². The number of hydrogen-bond acceptors (Lipinski definition) is 1. The maximum Gasteiger partial charge on any atom is 0.100 e. The number of nitriles is 1. The van der Waals surface area contributed by atoms with Crippen LogP contribution < -0.4 is 0 Å². The third-order valence-corrected chi connectivity index (χ3v) is 5.01. The number of rotatable bonds is 5. The fraction of sp³-hybridized carbons (Fsp3) is 0.115. The number of nitrogens with zero attached hydrogens (tertiary/aromatic N) is 2. The summed E-state index contributed by atoms with van der Waals surface area (Å²) in [4.78, 5) is 0. The summed E-state index contributed by atoms with van der Waals surface area (Å²) in [7, 11) is 0. The van der Waals surface area contributed by atoms with Crippen LogP contribution in [0.4, 0.5) is 0 Å². The molecule has 136 valence electrons. The number of aromatic nitrogens is 1. The zero-order valence-electron chi connectivity index (χ0n) is 16.0. The van der Waals surface area contributed by atoms with Gasteiger partial charge in [0.2, 0.25) is 0 Å². The van der Waals surface area contributed by atoms with Crippen LogP contribution in [-0.2, 0) is 6.54 Å². The van der Waals surface area contributed by atoms with Crippen molar-refractivity contribution in [1.82, 2.24) is 4.57 Å². The Kier molecular flexibility index (Phi) is 5.08. The first kappa shape index (κ1) is 17.8. The molecule has 2 nitrogen and oxygen atoms in total. The van der Waals surface area contributed by atoms with Crippen LogP contribution >= 0.6 is 0 Å². The fourth-order valence-electron chi connectivity index (χ4n) is 3.78. The molecule has 0 N–H and O–H groups in total. The van der Waals surface area contributed by atoms with Gasteiger partial charge in [0.25, 0.3) is 0 Å². The lowest BCUT2D eigenvalue weighted by atomic mass is 9.90. The molecule has 4 rings (SSSR count). The molecule has 0 radical (unpaired) electrons. The molecule has 0 amide bonds. The second-order valence-corrected chi connectivity index (χ2v) is 6.85. The quantitative estimate of drug-likeness (QED) is 0.293. The number of aryl methyl sites for hydroxylation is 1. The van der Waals surface area contributed by atoms with Crippen molar-refractivity contribution in [2.45, 2.75) is 19.9 Å². The summed E-state index contributed by atoms with van der Waals surface area (Å²) in [5.41, 5.74) is 6.00. The predicted molar refractivity (Wildman–Crippen MR) is 117 cm³/mol. The Labute approximate surface area is 166 Å². The SMILES string of the molecule is CCCn1cc(/C(=C(\C#N)c2ccccc2)c2ccccc2)c2ccccc21. The summed E-state index contributed by atoms with van der Waals surface area (Å²) >= 11 is 0. The van der Waals surface area contributed by atoms with Gasteiger partial charge in [-0.25, -0.2) is 0 Å². The minimum Gasteiger partial charge on any atom is -0.347 e. The topological polar surface area (TPSA) is 28.7 Å². The van der Waals surface area contributed by atoms with Crippen molar-refractivity contribution in [1.29, 1.82) is 5.26 Å². The molecule has 0 bridgehead atoms. The van der Waals surface area contributed by atoms with Crippen molar-refractivity contribution in [3.05, 3.63) is 108 Å². The summed E-state index contributed by atoms with van der Waals surface area (Å²) in [5.74, 6) is 0. The molecule has 1 aromatic heterocycles. The Balaban J connectivity index is 2.08. The molecule has 0 spiro atoms. The summed E-state index contributed by atoms with van der Waals surface area (Å²) in [5, 5.41) is 11.3. The Hall–Kier alpha value is -3.57. The number of para-hydroxylation sites is 1. The number of fused-ring (bicyclic) bond motifs is 1. The van der Waals surface area contributed by atoms with Gasteiger partial charge in [-0.15, -0.1) is 0 Å². The van der Waals surface area contributed by atoms with Crippen LogP contribution in [0.25, 0.3) is 22.0 Å². The highest BCUT2D eigenvalue weighted by molar-refractivity contribution is 6.09. The standard InChI is InChI=1S/C26H22N2/c1-2-17-28-19-24(22-15-9-10-16-25(22)28)26(21-13-7-4-8-14-21)23(18-27)20-11-5-3-6-12-20/h3-16,19H,2,17H2,1H3/b26-23+. The van der Waals surface area contributed by atoms with Crippen molar-refractivity contribution >= 4 is 22.0 Å². The monoisotopic (exact) mass is 362 g/mol. The molecule has 3 aromatic carbocycles. The van der Waals surface area contributed by atoms with E-state index in [0.29, 0.717) is 5.57 Å². The maximum atomic E-state index is 10.1. The van der Waals surface area contributed by atoms with E-state index in [1.807, 2.05) is 48.5 Å². The van der Waals surface area contributed by atoms with Crippen LogP contribution in [0.15, 0.2) is 91.1 Å². The fourth-order valence-corrected chi connectivity index (χ4v) is 3.78. The van der Waals surface area contributed by atoms with Crippen LogP contribution in [-0.4, -0.2) is 4.57 Å². The lowest BCUT2D eigenvalue weighted by Gasteiger charge is -2.11. The van der Waals surface area contributed by atoms with Crippen molar-refractivity contribution in [2.24, 2.45) is 0 Å². The Morgan fingerprint density at radius 1 is 0.821 bits per heavy atom. The van der Waals surface area contributed by atoms with Gasteiger partial charge >= 0.3 is 0 Å². The first-order chi connectivity index (χ1) is 13.8. The third-order valence-electron chi connectivity index (χ3n) is 5.01.